The highest BCUT2D eigenvalue weighted by Gasteiger charge is 2.17. The van der Waals surface area contributed by atoms with Crippen molar-refractivity contribution in [3.05, 3.63) is 89.0 Å². The maximum atomic E-state index is 9.52. The molecule has 4 aromatic rings. The van der Waals surface area contributed by atoms with Crippen LogP contribution in [0, 0.1) is 12.3 Å². The van der Waals surface area contributed by atoms with E-state index in [4.69, 9.17) is 15.9 Å². The van der Waals surface area contributed by atoms with Gasteiger partial charge < -0.3 is 20.1 Å². The highest BCUT2D eigenvalue weighted by atomic mass is 16.5. The van der Waals surface area contributed by atoms with Gasteiger partial charge >= 0.3 is 0 Å². The number of benzene rings is 2. The summed E-state index contributed by atoms with van der Waals surface area (Å²) in [6, 6.07) is 19.2. The van der Waals surface area contributed by atoms with Crippen molar-refractivity contribution in [3.63, 3.8) is 0 Å². The Balaban J connectivity index is 1.73. The van der Waals surface area contributed by atoms with E-state index >= 15 is 0 Å². The molecule has 4 N–H and O–H groups in total. The van der Waals surface area contributed by atoms with Crippen LogP contribution in [0.2, 0.25) is 0 Å². The van der Waals surface area contributed by atoms with E-state index in [0.29, 0.717) is 30.2 Å². The number of aliphatic hydroxyl groups is 1. The SMILES string of the molecule is Cc1ccc(OCc2ccccc2)c(Cn2c(C(=N)N)nc3ccc(CO)cc32)n1. The highest BCUT2D eigenvalue weighted by molar-refractivity contribution is 5.95. The lowest BCUT2D eigenvalue weighted by Crippen LogP contribution is -2.19. The normalized spacial score (nSPS) is 11.0. The van der Waals surface area contributed by atoms with Crippen LogP contribution in [0.3, 0.4) is 0 Å². The van der Waals surface area contributed by atoms with Crippen molar-refractivity contribution in [2.75, 3.05) is 0 Å². The molecule has 0 unspecified atom stereocenters. The van der Waals surface area contributed by atoms with Crippen LogP contribution in [-0.2, 0) is 19.8 Å². The molecule has 0 aliphatic carbocycles. The number of fused-ring (bicyclic) bond motifs is 1. The number of ether oxygens (including phenoxy) is 1. The maximum absolute atomic E-state index is 9.52. The van der Waals surface area contributed by atoms with Crippen molar-refractivity contribution >= 4 is 16.9 Å². The molecule has 0 atom stereocenters. The smallest absolute Gasteiger partial charge is 0.176 e. The molecule has 7 nitrogen and oxygen atoms in total. The number of nitrogens with zero attached hydrogens (tertiary/aromatic N) is 3. The first kappa shape index (κ1) is 19.6. The number of rotatable bonds is 7. The Morgan fingerprint density at radius 2 is 1.87 bits per heavy atom. The molecule has 2 aromatic carbocycles. The predicted octanol–water partition coefficient (Wildman–Crippen LogP) is 3.14. The molecule has 0 fully saturated rings. The van der Waals surface area contributed by atoms with E-state index in [9.17, 15) is 5.11 Å². The number of nitrogens with two attached hydrogens (primary N) is 1. The van der Waals surface area contributed by atoms with Gasteiger partial charge in [-0.05, 0) is 42.3 Å². The molecule has 2 aromatic heterocycles. The van der Waals surface area contributed by atoms with Crippen molar-refractivity contribution < 1.29 is 9.84 Å². The molecule has 0 saturated carbocycles. The van der Waals surface area contributed by atoms with Gasteiger partial charge in [-0.3, -0.25) is 10.4 Å². The van der Waals surface area contributed by atoms with Crippen LogP contribution in [-0.4, -0.2) is 25.5 Å². The second-order valence-corrected chi connectivity index (χ2v) is 7.09. The third kappa shape index (κ3) is 4.01. The lowest BCUT2D eigenvalue weighted by Gasteiger charge is -2.14. The van der Waals surface area contributed by atoms with E-state index in [0.717, 1.165) is 28.0 Å². The number of hydrogen-bond donors (Lipinski definition) is 3. The third-order valence-electron chi connectivity index (χ3n) is 4.85. The summed E-state index contributed by atoms with van der Waals surface area (Å²) in [6.45, 7) is 2.61. The van der Waals surface area contributed by atoms with Crippen molar-refractivity contribution in [1.29, 1.82) is 5.41 Å². The van der Waals surface area contributed by atoms with Crippen LogP contribution in [0.4, 0.5) is 0 Å². The standard InChI is InChI=1S/C23H23N5O2/c1-15-7-10-21(30-14-16-5-3-2-4-6-16)19(26-15)12-28-20-11-17(13-29)8-9-18(20)27-23(28)22(24)25/h2-11,29H,12-14H2,1H3,(H3,24,25). The Morgan fingerprint density at radius 1 is 1.07 bits per heavy atom. The zero-order valence-corrected chi connectivity index (χ0v) is 16.7. The molecule has 2 heterocycles. The van der Waals surface area contributed by atoms with E-state index in [2.05, 4.69) is 9.97 Å². The Bertz CT molecular complexity index is 1200. The van der Waals surface area contributed by atoms with Crippen LogP contribution in [0.25, 0.3) is 11.0 Å². The van der Waals surface area contributed by atoms with Crippen molar-refractivity contribution in [3.8, 4) is 5.75 Å². The molecule has 0 spiro atoms. The average molecular weight is 401 g/mol. The number of nitrogens with one attached hydrogen (secondary N) is 1. The fourth-order valence-corrected chi connectivity index (χ4v) is 3.36. The summed E-state index contributed by atoms with van der Waals surface area (Å²) < 4.78 is 7.90. The molecule has 152 valence electrons. The Morgan fingerprint density at radius 3 is 2.60 bits per heavy atom. The summed E-state index contributed by atoms with van der Waals surface area (Å²) in [7, 11) is 0. The van der Waals surface area contributed by atoms with Crippen LogP contribution in [0.5, 0.6) is 5.75 Å². The quantitative estimate of drug-likeness (QED) is 0.325. The summed E-state index contributed by atoms with van der Waals surface area (Å²) in [5.74, 6) is 0.896. The minimum absolute atomic E-state index is 0.0787. The van der Waals surface area contributed by atoms with Crippen LogP contribution >= 0.6 is 0 Å². The molecular weight excluding hydrogens is 378 g/mol. The first-order chi connectivity index (χ1) is 14.5. The monoisotopic (exact) mass is 401 g/mol. The molecular formula is C23H23N5O2. The van der Waals surface area contributed by atoms with Gasteiger partial charge in [0.1, 0.15) is 18.1 Å². The molecule has 0 bridgehead atoms. The summed E-state index contributed by atoms with van der Waals surface area (Å²) in [4.78, 5) is 9.17. The minimum atomic E-state index is -0.129. The first-order valence-corrected chi connectivity index (χ1v) is 9.63. The van der Waals surface area contributed by atoms with Crippen LogP contribution in [0.15, 0.2) is 60.7 Å². The Labute approximate surface area is 174 Å². The van der Waals surface area contributed by atoms with E-state index in [1.807, 2.05) is 72.2 Å². The fourth-order valence-electron chi connectivity index (χ4n) is 3.36. The fraction of sp³-hybridized carbons (Fsp3) is 0.174. The molecule has 0 amide bonds. The minimum Gasteiger partial charge on any atom is -0.487 e. The molecule has 0 aliphatic heterocycles. The van der Waals surface area contributed by atoms with Gasteiger partial charge in [-0.1, -0.05) is 36.4 Å². The van der Waals surface area contributed by atoms with Crippen molar-refractivity contribution in [1.82, 2.24) is 14.5 Å². The number of pyridine rings is 1. The van der Waals surface area contributed by atoms with Crippen molar-refractivity contribution in [2.24, 2.45) is 5.73 Å². The molecule has 4 rings (SSSR count). The third-order valence-corrected chi connectivity index (χ3v) is 4.85. The molecule has 0 radical (unpaired) electrons. The lowest BCUT2D eigenvalue weighted by atomic mass is 10.2. The predicted molar refractivity (Wildman–Crippen MR) is 116 cm³/mol. The van der Waals surface area contributed by atoms with Gasteiger partial charge in [-0.25, -0.2) is 4.98 Å². The highest BCUT2D eigenvalue weighted by Crippen LogP contribution is 2.24. The number of amidine groups is 1. The number of hydrogen-bond acceptors (Lipinski definition) is 5. The molecule has 0 saturated heterocycles. The second-order valence-electron chi connectivity index (χ2n) is 7.09. The van der Waals surface area contributed by atoms with Gasteiger partial charge in [0.05, 0.1) is 24.2 Å². The average Bonchev–Trinajstić information content (AvgIpc) is 3.12. The van der Waals surface area contributed by atoms with Crippen molar-refractivity contribution in [2.45, 2.75) is 26.7 Å². The van der Waals surface area contributed by atoms with Gasteiger partial charge in [0.15, 0.2) is 11.7 Å². The maximum Gasteiger partial charge on any atom is 0.176 e. The number of imidazole rings is 1. The zero-order chi connectivity index (χ0) is 21.1. The number of aliphatic hydroxyl groups excluding tert-OH is 1. The van der Waals surface area contributed by atoms with E-state index in [1.165, 1.54) is 0 Å². The largest absolute Gasteiger partial charge is 0.487 e. The van der Waals surface area contributed by atoms with Gasteiger partial charge in [-0.15, -0.1) is 0 Å². The van der Waals surface area contributed by atoms with Crippen LogP contribution < -0.4 is 10.5 Å². The number of aryl methyl sites for hydroxylation is 1. The molecule has 0 aliphatic rings. The zero-order valence-electron chi connectivity index (χ0n) is 16.7. The number of nitrogen functional groups attached to an aromatic ring is 1. The second kappa shape index (κ2) is 8.34. The molecule has 7 heteroatoms. The summed E-state index contributed by atoms with van der Waals surface area (Å²) >= 11 is 0. The topological polar surface area (TPSA) is 110 Å². The molecule has 30 heavy (non-hydrogen) atoms. The van der Waals surface area contributed by atoms with E-state index in [1.54, 1.807) is 0 Å². The summed E-state index contributed by atoms with van der Waals surface area (Å²) in [5, 5.41) is 17.5. The van der Waals surface area contributed by atoms with Crippen LogP contribution in [0.1, 0.15) is 28.3 Å². The van der Waals surface area contributed by atoms with E-state index < -0.39 is 0 Å². The Kier molecular flexibility index (Phi) is 5.45. The van der Waals surface area contributed by atoms with Gasteiger partial charge in [0, 0.05) is 5.69 Å². The lowest BCUT2D eigenvalue weighted by molar-refractivity contribution is 0.282. The number of aromatic nitrogens is 3. The van der Waals surface area contributed by atoms with Gasteiger partial charge in [0.25, 0.3) is 0 Å². The van der Waals surface area contributed by atoms with Gasteiger partial charge in [0.2, 0.25) is 0 Å². The summed E-state index contributed by atoms with van der Waals surface area (Å²) in [5.41, 5.74) is 10.7. The Hall–Kier alpha value is -3.71. The first-order valence-electron chi connectivity index (χ1n) is 9.63. The summed E-state index contributed by atoms with van der Waals surface area (Å²) in [6.07, 6.45) is 0. The van der Waals surface area contributed by atoms with E-state index in [-0.39, 0.29) is 12.4 Å². The van der Waals surface area contributed by atoms with Gasteiger partial charge in [-0.2, -0.15) is 0 Å².